The van der Waals surface area contributed by atoms with E-state index in [2.05, 4.69) is 5.32 Å². The van der Waals surface area contributed by atoms with Crippen LogP contribution in [0.15, 0.2) is 30.3 Å². The first-order valence-electron chi connectivity index (χ1n) is 4.94. The lowest BCUT2D eigenvalue weighted by atomic mass is 10.2. The molecule has 1 fully saturated rings. The van der Waals surface area contributed by atoms with Crippen LogP contribution in [0.2, 0.25) is 0 Å². The third kappa shape index (κ3) is 5.15. The van der Waals surface area contributed by atoms with E-state index in [-0.39, 0.29) is 5.91 Å². The van der Waals surface area contributed by atoms with Crippen molar-refractivity contribution in [2.75, 3.05) is 26.3 Å². The Morgan fingerprint density at radius 2 is 1.80 bits per heavy atom. The molecule has 1 aromatic carbocycles. The van der Waals surface area contributed by atoms with Crippen molar-refractivity contribution in [3.8, 4) is 0 Å². The lowest BCUT2D eigenvalue weighted by molar-refractivity contribution is 0.100. The Morgan fingerprint density at radius 3 is 2.07 bits per heavy atom. The fraction of sp³-hybridized carbons (Fsp3) is 0.364. The number of carbonyl (C=O) groups excluding carboxylic acids is 1. The Kier molecular flexibility index (Phi) is 5.43. The first-order valence-corrected chi connectivity index (χ1v) is 4.94. The lowest BCUT2D eigenvalue weighted by Crippen LogP contribution is -2.30. The molecule has 0 unspecified atom stereocenters. The van der Waals surface area contributed by atoms with Crippen LogP contribution in [-0.2, 0) is 4.74 Å². The number of carbonyl (C=O) groups is 1. The lowest BCUT2D eigenvalue weighted by Gasteiger charge is -2.10. The Bertz CT molecular complexity index is 272. The van der Waals surface area contributed by atoms with E-state index >= 15 is 0 Å². The first-order chi connectivity index (χ1) is 7.30. The number of benzene rings is 1. The predicted octanol–water partition coefficient (Wildman–Crippen LogP) is 0.392. The molecule has 0 bridgehead atoms. The summed E-state index contributed by atoms with van der Waals surface area (Å²) >= 11 is 0. The van der Waals surface area contributed by atoms with Crippen molar-refractivity contribution in [1.29, 1.82) is 0 Å². The summed E-state index contributed by atoms with van der Waals surface area (Å²) < 4.78 is 5.01. The average Bonchev–Trinajstić information content (AvgIpc) is 2.33. The second-order valence-corrected chi connectivity index (χ2v) is 3.09. The maximum atomic E-state index is 10.4. The number of hydrogen-bond donors (Lipinski definition) is 2. The van der Waals surface area contributed by atoms with Crippen LogP contribution in [0.3, 0.4) is 0 Å². The van der Waals surface area contributed by atoms with Crippen LogP contribution in [0, 0.1) is 0 Å². The summed E-state index contributed by atoms with van der Waals surface area (Å²) in [6.07, 6.45) is 0. The summed E-state index contributed by atoms with van der Waals surface area (Å²) in [4.78, 5) is 10.4. The van der Waals surface area contributed by atoms with Gasteiger partial charge in [0.15, 0.2) is 0 Å². The molecule has 4 heteroatoms. The summed E-state index contributed by atoms with van der Waals surface area (Å²) in [5, 5.41) is 3.16. The number of ether oxygens (including phenoxy) is 1. The van der Waals surface area contributed by atoms with E-state index in [1.54, 1.807) is 24.3 Å². The molecule has 0 aromatic heterocycles. The van der Waals surface area contributed by atoms with E-state index in [0.29, 0.717) is 5.56 Å². The molecule has 0 radical (unpaired) electrons. The molecule has 1 saturated heterocycles. The van der Waals surface area contributed by atoms with Gasteiger partial charge in [-0.2, -0.15) is 0 Å². The van der Waals surface area contributed by atoms with Gasteiger partial charge in [-0.05, 0) is 12.1 Å². The van der Waals surface area contributed by atoms with Crippen LogP contribution in [0.4, 0.5) is 0 Å². The highest BCUT2D eigenvalue weighted by atomic mass is 16.5. The third-order valence-electron chi connectivity index (χ3n) is 1.90. The quantitative estimate of drug-likeness (QED) is 0.701. The van der Waals surface area contributed by atoms with E-state index in [4.69, 9.17) is 10.5 Å². The number of rotatable bonds is 1. The van der Waals surface area contributed by atoms with Gasteiger partial charge in [-0.3, -0.25) is 4.79 Å². The van der Waals surface area contributed by atoms with Gasteiger partial charge >= 0.3 is 0 Å². The third-order valence-corrected chi connectivity index (χ3v) is 1.90. The SMILES string of the molecule is C1COCCN1.NC(=O)c1ccccc1. The highest BCUT2D eigenvalue weighted by Gasteiger charge is 1.94. The number of nitrogens with two attached hydrogens (primary N) is 1. The number of hydrogen-bond acceptors (Lipinski definition) is 3. The Morgan fingerprint density at radius 1 is 1.20 bits per heavy atom. The van der Waals surface area contributed by atoms with Gasteiger partial charge in [0.1, 0.15) is 0 Å². The number of morpholine rings is 1. The minimum absolute atomic E-state index is 0.379. The number of amides is 1. The van der Waals surface area contributed by atoms with Crippen molar-refractivity contribution in [2.24, 2.45) is 5.73 Å². The highest BCUT2D eigenvalue weighted by Crippen LogP contribution is 1.94. The molecule has 0 saturated carbocycles. The summed E-state index contributed by atoms with van der Waals surface area (Å²) in [7, 11) is 0. The second kappa shape index (κ2) is 6.98. The van der Waals surface area contributed by atoms with Crippen molar-refractivity contribution in [2.45, 2.75) is 0 Å². The van der Waals surface area contributed by atoms with Crippen LogP contribution in [0.25, 0.3) is 0 Å². The molecule has 0 aliphatic carbocycles. The molecular weight excluding hydrogens is 192 g/mol. The average molecular weight is 208 g/mol. The van der Waals surface area contributed by atoms with Gasteiger partial charge in [-0.25, -0.2) is 0 Å². The molecule has 1 aliphatic heterocycles. The van der Waals surface area contributed by atoms with Crippen LogP contribution in [0.1, 0.15) is 10.4 Å². The van der Waals surface area contributed by atoms with E-state index in [1.165, 1.54) is 0 Å². The first kappa shape index (κ1) is 11.7. The molecule has 4 nitrogen and oxygen atoms in total. The monoisotopic (exact) mass is 208 g/mol. The fourth-order valence-corrected chi connectivity index (χ4v) is 1.12. The normalized spacial score (nSPS) is 14.9. The number of nitrogens with one attached hydrogen (secondary N) is 1. The van der Waals surface area contributed by atoms with E-state index in [9.17, 15) is 4.79 Å². The van der Waals surface area contributed by atoms with Crippen molar-refractivity contribution in [3.63, 3.8) is 0 Å². The zero-order chi connectivity index (χ0) is 10.9. The molecule has 1 heterocycles. The van der Waals surface area contributed by atoms with E-state index in [1.807, 2.05) is 6.07 Å². The van der Waals surface area contributed by atoms with Gasteiger partial charge in [0, 0.05) is 18.7 Å². The van der Waals surface area contributed by atoms with Gasteiger partial charge in [0.25, 0.3) is 0 Å². The van der Waals surface area contributed by atoms with Crippen molar-refractivity contribution in [3.05, 3.63) is 35.9 Å². The van der Waals surface area contributed by atoms with Gasteiger partial charge in [0.2, 0.25) is 5.91 Å². The summed E-state index contributed by atoms with van der Waals surface area (Å²) in [6.45, 7) is 3.83. The largest absolute Gasteiger partial charge is 0.379 e. The minimum Gasteiger partial charge on any atom is -0.379 e. The molecule has 82 valence electrons. The van der Waals surface area contributed by atoms with Crippen molar-refractivity contribution in [1.82, 2.24) is 5.32 Å². The molecule has 1 amide bonds. The standard InChI is InChI=1S/C7H7NO.C4H9NO/c8-7(9)6-4-2-1-3-5-6;1-3-6-4-2-5-1/h1-5H,(H2,8,9);5H,1-4H2. The topological polar surface area (TPSA) is 64.3 Å². The fourth-order valence-electron chi connectivity index (χ4n) is 1.12. The van der Waals surface area contributed by atoms with Gasteiger partial charge in [-0.15, -0.1) is 0 Å². The summed E-state index contributed by atoms with van der Waals surface area (Å²) in [5.41, 5.74) is 5.53. The zero-order valence-electron chi connectivity index (χ0n) is 8.61. The number of primary amides is 1. The molecule has 0 atom stereocenters. The molecular formula is C11H16N2O2. The Labute approximate surface area is 89.4 Å². The van der Waals surface area contributed by atoms with Crippen LogP contribution in [0.5, 0.6) is 0 Å². The molecule has 1 aliphatic rings. The van der Waals surface area contributed by atoms with Crippen LogP contribution < -0.4 is 11.1 Å². The van der Waals surface area contributed by atoms with Crippen LogP contribution in [-0.4, -0.2) is 32.2 Å². The van der Waals surface area contributed by atoms with Crippen molar-refractivity contribution < 1.29 is 9.53 Å². The molecule has 3 N–H and O–H groups in total. The van der Waals surface area contributed by atoms with E-state index in [0.717, 1.165) is 26.3 Å². The summed E-state index contributed by atoms with van der Waals surface area (Å²) in [6, 6.07) is 8.76. The van der Waals surface area contributed by atoms with Gasteiger partial charge in [0.05, 0.1) is 13.2 Å². The van der Waals surface area contributed by atoms with Gasteiger partial charge < -0.3 is 15.8 Å². The maximum Gasteiger partial charge on any atom is 0.248 e. The molecule has 15 heavy (non-hydrogen) atoms. The van der Waals surface area contributed by atoms with Crippen LogP contribution >= 0.6 is 0 Å². The van der Waals surface area contributed by atoms with Gasteiger partial charge in [-0.1, -0.05) is 18.2 Å². The molecule has 1 aromatic rings. The zero-order valence-corrected chi connectivity index (χ0v) is 8.61. The smallest absolute Gasteiger partial charge is 0.248 e. The molecule has 0 spiro atoms. The van der Waals surface area contributed by atoms with Crippen molar-refractivity contribution >= 4 is 5.91 Å². The highest BCUT2D eigenvalue weighted by molar-refractivity contribution is 5.92. The summed E-state index contributed by atoms with van der Waals surface area (Å²) in [5.74, 6) is -0.379. The second-order valence-electron chi connectivity index (χ2n) is 3.09. The maximum absolute atomic E-state index is 10.4. The van der Waals surface area contributed by atoms with E-state index < -0.39 is 0 Å². The Balaban J connectivity index is 0.000000162. The predicted molar refractivity (Wildman–Crippen MR) is 58.6 cm³/mol. The molecule has 2 rings (SSSR count). The minimum atomic E-state index is -0.379. The Hall–Kier alpha value is -1.39.